The molecule has 0 heterocycles. The molecule has 0 spiro atoms. The highest BCUT2D eigenvalue weighted by Gasteiger charge is 2.23. The van der Waals surface area contributed by atoms with Crippen LogP contribution in [0.3, 0.4) is 0 Å². The first-order valence-corrected chi connectivity index (χ1v) is 8.88. The van der Waals surface area contributed by atoms with E-state index >= 15 is 0 Å². The molecule has 26 heavy (non-hydrogen) atoms. The number of rotatable bonds is 7. The number of likely N-dealkylation sites (N-methyl/N-ethyl adjacent to an activating group) is 1. The Kier molecular flexibility index (Phi) is 7.18. The highest BCUT2D eigenvalue weighted by molar-refractivity contribution is 6.33. The van der Waals surface area contributed by atoms with Gasteiger partial charge in [0.2, 0.25) is 5.91 Å². The molecule has 0 aromatic heterocycles. The normalized spacial score (nSPS) is 12.9. The minimum Gasteiger partial charge on any atom is -0.345 e. The van der Waals surface area contributed by atoms with E-state index < -0.39 is 6.04 Å². The molecular formula is C20H24ClN3O2. The van der Waals surface area contributed by atoms with Crippen LogP contribution in [0.1, 0.15) is 35.3 Å². The largest absolute Gasteiger partial charge is 0.345 e. The molecule has 0 saturated heterocycles. The second-order valence-corrected chi connectivity index (χ2v) is 6.62. The van der Waals surface area contributed by atoms with Crippen LogP contribution in [-0.4, -0.2) is 36.3 Å². The maximum Gasteiger partial charge on any atom is 0.253 e. The Morgan fingerprint density at radius 2 is 1.73 bits per heavy atom. The molecule has 3 N–H and O–H groups in total. The van der Waals surface area contributed by atoms with Crippen LogP contribution in [0, 0.1) is 0 Å². The highest BCUT2D eigenvalue weighted by atomic mass is 35.5. The lowest BCUT2D eigenvalue weighted by atomic mass is 10.0. The average Bonchev–Trinajstić information content (AvgIpc) is 2.67. The van der Waals surface area contributed by atoms with Gasteiger partial charge < -0.3 is 16.0 Å². The van der Waals surface area contributed by atoms with Crippen LogP contribution in [0.25, 0.3) is 0 Å². The Bertz CT molecular complexity index is 752. The Morgan fingerprint density at radius 3 is 2.35 bits per heavy atom. The van der Waals surface area contributed by atoms with Gasteiger partial charge in [-0.1, -0.05) is 54.1 Å². The molecule has 2 aromatic carbocycles. The summed E-state index contributed by atoms with van der Waals surface area (Å²) >= 11 is 6.12. The molecule has 0 saturated carbocycles. The standard InChI is InChI=1S/C20H24ClN3O2/c1-14(13-22)24(2)19(25)12-18(15-8-4-3-5-9-15)23-20(26)16-10-6-7-11-17(16)21/h3-11,14,18H,12-13,22H2,1-2H3,(H,23,26). The average molecular weight is 374 g/mol. The molecule has 2 unspecified atom stereocenters. The fourth-order valence-electron chi connectivity index (χ4n) is 2.54. The summed E-state index contributed by atoms with van der Waals surface area (Å²) in [7, 11) is 1.72. The van der Waals surface area contributed by atoms with Crippen molar-refractivity contribution in [2.45, 2.75) is 25.4 Å². The van der Waals surface area contributed by atoms with Crippen molar-refractivity contribution < 1.29 is 9.59 Å². The smallest absolute Gasteiger partial charge is 0.253 e. The molecule has 0 aliphatic heterocycles. The van der Waals surface area contributed by atoms with Crippen molar-refractivity contribution >= 4 is 23.4 Å². The van der Waals surface area contributed by atoms with Gasteiger partial charge >= 0.3 is 0 Å². The molecule has 0 fully saturated rings. The van der Waals surface area contributed by atoms with Gasteiger partial charge in [0, 0.05) is 19.6 Å². The summed E-state index contributed by atoms with van der Waals surface area (Å²) in [5.41, 5.74) is 6.89. The highest BCUT2D eigenvalue weighted by Crippen LogP contribution is 2.21. The Hall–Kier alpha value is -2.37. The van der Waals surface area contributed by atoms with E-state index in [-0.39, 0.29) is 24.3 Å². The van der Waals surface area contributed by atoms with Crippen LogP contribution < -0.4 is 11.1 Å². The molecule has 2 aromatic rings. The summed E-state index contributed by atoms with van der Waals surface area (Å²) in [6.07, 6.45) is 0.140. The number of benzene rings is 2. The maximum atomic E-state index is 12.7. The lowest BCUT2D eigenvalue weighted by Gasteiger charge is -2.27. The van der Waals surface area contributed by atoms with E-state index in [1.54, 1.807) is 36.2 Å². The molecule has 2 amide bonds. The number of carbonyl (C=O) groups excluding carboxylic acids is 2. The second kappa shape index (κ2) is 9.36. The number of amides is 2. The zero-order valence-electron chi connectivity index (χ0n) is 15.0. The topological polar surface area (TPSA) is 75.4 Å². The summed E-state index contributed by atoms with van der Waals surface area (Å²) in [4.78, 5) is 26.9. The second-order valence-electron chi connectivity index (χ2n) is 6.21. The van der Waals surface area contributed by atoms with Crippen molar-refractivity contribution in [1.29, 1.82) is 0 Å². The summed E-state index contributed by atoms with van der Waals surface area (Å²) in [5.74, 6) is -0.400. The third-order valence-electron chi connectivity index (χ3n) is 4.40. The fraction of sp³-hybridized carbons (Fsp3) is 0.300. The van der Waals surface area contributed by atoms with E-state index in [9.17, 15) is 9.59 Å². The van der Waals surface area contributed by atoms with Crippen LogP contribution in [0.2, 0.25) is 5.02 Å². The van der Waals surface area contributed by atoms with E-state index in [0.29, 0.717) is 17.1 Å². The van der Waals surface area contributed by atoms with Crippen LogP contribution in [0.5, 0.6) is 0 Å². The summed E-state index contributed by atoms with van der Waals surface area (Å²) in [6.45, 7) is 2.27. The third kappa shape index (κ3) is 5.07. The summed E-state index contributed by atoms with van der Waals surface area (Å²) in [5, 5.41) is 3.30. The number of hydrogen-bond acceptors (Lipinski definition) is 3. The number of nitrogens with zero attached hydrogens (tertiary/aromatic N) is 1. The molecule has 6 heteroatoms. The van der Waals surface area contributed by atoms with Gasteiger partial charge in [0.15, 0.2) is 0 Å². The lowest BCUT2D eigenvalue weighted by Crippen LogP contribution is -2.41. The van der Waals surface area contributed by atoms with E-state index in [1.165, 1.54) is 0 Å². The number of carbonyl (C=O) groups is 2. The van der Waals surface area contributed by atoms with Crippen molar-refractivity contribution in [3.8, 4) is 0 Å². The SMILES string of the molecule is CC(CN)N(C)C(=O)CC(NC(=O)c1ccccc1Cl)c1ccccc1. The zero-order valence-corrected chi connectivity index (χ0v) is 15.7. The van der Waals surface area contributed by atoms with E-state index in [4.69, 9.17) is 17.3 Å². The molecule has 2 rings (SSSR count). The minimum atomic E-state index is -0.458. The number of hydrogen-bond donors (Lipinski definition) is 2. The van der Waals surface area contributed by atoms with E-state index in [2.05, 4.69) is 5.32 Å². The molecule has 0 aliphatic carbocycles. The van der Waals surface area contributed by atoms with Gasteiger partial charge in [0.1, 0.15) is 0 Å². The van der Waals surface area contributed by atoms with Crippen molar-refractivity contribution in [3.05, 3.63) is 70.7 Å². The van der Waals surface area contributed by atoms with Gasteiger partial charge in [-0.25, -0.2) is 0 Å². The first-order valence-electron chi connectivity index (χ1n) is 8.50. The molecule has 0 bridgehead atoms. The van der Waals surface area contributed by atoms with Gasteiger partial charge in [-0.15, -0.1) is 0 Å². The van der Waals surface area contributed by atoms with Crippen molar-refractivity contribution in [1.82, 2.24) is 10.2 Å². The molecule has 138 valence electrons. The number of nitrogens with two attached hydrogens (primary N) is 1. The third-order valence-corrected chi connectivity index (χ3v) is 4.73. The molecule has 0 aliphatic rings. The van der Waals surface area contributed by atoms with Gasteiger partial charge in [0.25, 0.3) is 5.91 Å². The Labute approximate surface area is 159 Å². The summed E-state index contributed by atoms with van der Waals surface area (Å²) in [6, 6.07) is 15.7. The first kappa shape index (κ1) is 19.9. The predicted octanol–water partition coefficient (Wildman–Crippen LogP) is 3.01. The Balaban J connectivity index is 2.21. The monoisotopic (exact) mass is 373 g/mol. The molecule has 5 nitrogen and oxygen atoms in total. The quantitative estimate of drug-likeness (QED) is 0.783. The summed E-state index contributed by atoms with van der Waals surface area (Å²) < 4.78 is 0. The van der Waals surface area contributed by atoms with Crippen molar-refractivity contribution in [2.75, 3.05) is 13.6 Å². The van der Waals surface area contributed by atoms with E-state index in [1.807, 2.05) is 37.3 Å². The van der Waals surface area contributed by atoms with Crippen molar-refractivity contribution in [2.24, 2.45) is 5.73 Å². The van der Waals surface area contributed by atoms with Gasteiger partial charge in [-0.05, 0) is 24.6 Å². The predicted molar refractivity (Wildman–Crippen MR) is 104 cm³/mol. The van der Waals surface area contributed by atoms with Crippen LogP contribution in [0.4, 0.5) is 0 Å². The molecular weight excluding hydrogens is 350 g/mol. The number of nitrogens with one attached hydrogen (secondary N) is 1. The Morgan fingerprint density at radius 1 is 1.12 bits per heavy atom. The van der Waals surface area contributed by atoms with Gasteiger partial charge in [-0.2, -0.15) is 0 Å². The minimum absolute atomic E-state index is 0.0711. The molecule has 0 radical (unpaired) electrons. The zero-order chi connectivity index (χ0) is 19.1. The lowest BCUT2D eigenvalue weighted by molar-refractivity contribution is -0.132. The van der Waals surface area contributed by atoms with Crippen LogP contribution in [-0.2, 0) is 4.79 Å². The molecule has 2 atom stereocenters. The van der Waals surface area contributed by atoms with Crippen LogP contribution >= 0.6 is 11.6 Å². The first-order chi connectivity index (χ1) is 12.4. The van der Waals surface area contributed by atoms with E-state index in [0.717, 1.165) is 5.56 Å². The number of halogens is 1. The fourth-order valence-corrected chi connectivity index (χ4v) is 2.76. The van der Waals surface area contributed by atoms with Gasteiger partial charge in [0.05, 0.1) is 23.0 Å². The van der Waals surface area contributed by atoms with Crippen LogP contribution in [0.15, 0.2) is 54.6 Å². The van der Waals surface area contributed by atoms with Crippen molar-refractivity contribution in [3.63, 3.8) is 0 Å². The maximum absolute atomic E-state index is 12.7. The van der Waals surface area contributed by atoms with Gasteiger partial charge in [-0.3, -0.25) is 9.59 Å².